The van der Waals surface area contributed by atoms with E-state index in [4.69, 9.17) is 0 Å². The minimum absolute atomic E-state index is 0.257. The number of hydrogen-bond acceptors (Lipinski definition) is 1. The number of benzene rings is 9. The van der Waals surface area contributed by atoms with Gasteiger partial charge in [0, 0.05) is 50.0 Å². The van der Waals surface area contributed by atoms with Crippen LogP contribution in [0.1, 0.15) is 0 Å². The van der Waals surface area contributed by atoms with E-state index in [1.165, 1.54) is 22.9 Å². The predicted octanol–water partition coefficient (Wildman–Crippen LogP) is 14.8. The second-order valence-electron chi connectivity index (χ2n) is 14.8. The normalized spacial score (nSPS) is 11.5. The van der Waals surface area contributed by atoms with E-state index < -0.39 is 0 Å². The Balaban J connectivity index is 1.21. The fourth-order valence-corrected chi connectivity index (χ4v) is 8.70. The van der Waals surface area contributed by atoms with Crippen LogP contribution in [0, 0.1) is 5.82 Å². The molecule has 11 aromatic rings. The van der Waals surface area contributed by atoms with Crippen molar-refractivity contribution in [2.75, 3.05) is 4.90 Å². The molecule has 0 bridgehead atoms. The zero-order valence-corrected chi connectivity index (χ0v) is 31.5. The number of aromatic nitrogens is 2. The number of halogens is 1. The van der Waals surface area contributed by atoms with Crippen LogP contribution in [0.15, 0.2) is 218 Å². The minimum atomic E-state index is -0.257. The highest BCUT2D eigenvalue weighted by molar-refractivity contribution is 6.12. The summed E-state index contributed by atoms with van der Waals surface area (Å²) >= 11 is 0. The van der Waals surface area contributed by atoms with Gasteiger partial charge < -0.3 is 14.0 Å². The molecule has 0 N–H and O–H groups in total. The summed E-state index contributed by atoms with van der Waals surface area (Å²) in [6.45, 7) is 0. The number of anilines is 3. The van der Waals surface area contributed by atoms with Crippen LogP contribution in [-0.4, -0.2) is 9.13 Å². The maximum Gasteiger partial charge on any atom is 0.123 e. The lowest BCUT2D eigenvalue weighted by atomic mass is 9.97. The van der Waals surface area contributed by atoms with Crippen molar-refractivity contribution in [1.29, 1.82) is 0 Å². The van der Waals surface area contributed by atoms with Gasteiger partial charge in [-0.15, -0.1) is 0 Å². The largest absolute Gasteiger partial charge is 0.310 e. The second kappa shape index (κ2) is 13.8. The van der Waals surface area contributed by atoms with Gasteiger partial charge in [0.2, 0.25) is 0 Å². The van der Waals surface area contributed by atoms with Gasteiger partial charge in [-0.1, -0.05) is 121 Å². The standard InChI is InChI=1S/C54H36FN3/c55-41-24-26-43(27-25-41)58-51-22-12-10-20-47(51)49-30-28-45(36-54(49)58)56(46-33-39(37-14-4-1-5-15-37)32-40(34-46)38-16-6-2-7-17-38)44-29-31-53-50(35-44)48-21-11-13-23-52(48)57(53)42-18-8-3-9-19-42/h1-36H. The van der Waals surface area contributed by atoms with Crippen molar-refractivity contribution >= 4 is 60.7 Å². The van der Waals surface area contributed by atoms with E-state index in [1.807, 2.05) is 12.1 Å². The molecule has 0 radical (unpaired) electrons. The molecule has 4 heteroatoms. The lowest BCUT2D eigenvalue weighted by molar-refractivity contribution is 0.627. The molecule has 274 valence electrons. The van der Waals surface area contributed by atoms with Crippen molar-refractivity contribution in [1.82, 2.24) is 9.13 Å². The summed E-state index contributed by atoms with van der Waals surface area (Å²) < 4.78 is 18.9. The van der Waals surface area contributed by atoms with Crippen molar-refractivity contribution in [2.45, 2.75) is 0 Å². The van der Waals surface area contributed by atoms with Gasteiger partial charge in [0.25, 0.3) is 0 Å². The Hall–Kier alpha value is -7.69. The van der Waals surface area contributed by atoms with E-state index in [0.717, 1.165) is 83.5 Å². The Morgan fingerprint density at radius 2 is 0.759 bits per heavy atom. The molecule has 11 rings (SSSR count). The zero-order chi connectivity index (χ0) is 38.6. The van der Waals surface area contributed by atoms with Gasteiger partial charge >= 0.3 is 0 Å². The molecule has 9 aromatic carbocycles. The summed E-state index contributed by atoms with van der Waals surface area (Å²) in [4.78, 5) is 2.39. The maximum atomic E-state index is 14.3. The first kappa shape index (κ1) is 33.6. The highest BCUT2D eigenvalue weighted by Crippen LogP contribution is 2.44. The Morgan fingerprint density at radius 1 is 0.293 bits per heavy atom. The Morgan fingerprint density at radius 3 is 1.40 bits per heavy atom. The predicted molar refractivity (Wildman–Crippen MR) is 241 cm³/mol. The number of fused-ring (bicyclic) bond motifs is 6. The average Bonchev–Trinajstić information content (AvgIpc) is 3.80. The quantitative estimate of drug-likeness (QED) is 0.158. The molecular weight excluding hydrogens is 710 g/mol. The molecule has 2 heterocycles. The summed E-state index contributed by atoms with van der Waals surface area (Å²) in [5.74, 6) is -0.257. The van der Waals surface area contributed by atoms with Crippen molar-refractivity contribution in [3.63, 3.8) is 0 Å². The maximum absolute atomic E-state index is 14.3. The second-order valence-corrected chi connectivity index (χ2v) is 14.8. The van der Waals surface area contributed by atoms with E-state index in [1.54, 1.807) is 0 Å². The summed E-state index contributed by atoms with van der Waals surface area (Å²) in [5, 5.41) is 4.64. The SMILES string of the molecule is Fc1ccc(-n2c3ccccc3c3ccc(N(c4cc(-c5ccccc5)cc(-c5ccccc5)c4)c4ccc5c(c4)c4ccccc4n5-c4ccccc4)cc32)cc1. The topological polar surface area (TPSA) is 13.1 Å². The van der Waals surface area contributed by atoms with Gasteiger partial charge in [-0.3, -0.25) is 0 Å². The number of para-hydroxylation sites is 3. The van der Waals surface area contributed by atoms with E-state index in [0.29, 0.717) is 0 Å². The van der Waals surface area contributed by atoms with Gasteiger partial charge in [-0.25, -0.2) is 4.39 Å². The van der Waals surface area contributed by atoms with Crippen LogP contribution in [0.25, 0.3) is 77.2 Å². The third-order valence-corrected chi connectivity index (χ3v) is 11.3. The lowest BCUT2D eigenvalue weighted by Crippen LogP contribution is -2.10. The first-order valence-corrected chi connectivity index (χ1v) is 19.6. The minimum Gasteiger partial charge on any atom is -0.310 e. The average molecular weight is 746 g/mol. The van der Waals surface area contributed by atoms with E-state index in [2.05, 4.69) is 208 Å². The van der Waals surface area contributed by atoms with E-state index in [9.17, 15) is 4.39 Å². The number of nitrogens with zero attached hydrogens (tertiary/aromatic N) is 3. The molecule has 0 aliphatic rings. The van der Waals surface area contributed by atoms with Crippen LogP contribution < -0.4 is 4.90 Å². The van der Waals surface area contributed by atoms with Crippen LogP contribution in [0.4, 0.5) is 21.5 Å². The van der Waals surface area contributed by atoms with Crippen molar-refractivity contribution in [3.05, 3.63) is 224 Å². The van der Waals surface area contributed by atoms with Gasteiger partial charge in [0.15, 0.2) is 0 Å². The third kappa shape index (κ3) is 5.65. The molecular formula is C54H36FN3. The molecule has 0 amide bonds. The molecule has 2 aromatic heterocycles. The Kier molecular flexibility index (Phi) is 8.00. The van der Waals surface area contributed by atoms with Crippen LogP contribution in [-0.2, 0) is 0 Å². The van der Waals surface area contributed by atoms with E-state index >= 15 is 0 Å². The highest BCUT2D eigenvalue weighted by Gasteiger charge is 2.21. The molecule has 0 aliphatic carbocycles. The van der Waals surface area contributed by atoms with Crippen LogP contribution in [0.2, 0.25) is 0 Å². The summed E-state index contributed by atoms with van der Waals surface area (Å²) in [6, 6.07) is 76.2. The third-order valence-electron chi connectivity index (χ3n) is 11.3. The monoisotopic (exact) mass is 745 g/mol. The molecule has 0 unspecified atom stereocenters. The van der Waals surface area contributed by atoms with Crippen LogP contribution in [0.3, 0.4) is 0 Å². The van der Waals surface area contributed by atoms with Gasteiger partial charge in [-0.2, -0.15) is 0 Å². The molecule has 0 saturated heterocycles. The molecule has 0 spiro atoms. The first-order valence-electron chi connectivity index (χ1n) is 19.6. The summed E-state index contributed by atoms with van der Waals surface area (Å²) in [6.07, 6.45) is 0. The Bertz CT molecular complexity index is 3220. The van der Waals surface area contributed by atoms with Crippen molar-refractivity contribution in [3.8, 4) is 33.6 Å². The molecule has 0 aliphatic heterocycles. The molecule has 0 fully saturated rings. The van der Waals surface area contributed by atoms with Gasteiger partial charge in [0.1, 0.15) is 5.82 Å². The first-order chi connectivity index (χ1) is 28.7. The number of rotatable bonds is 7. The fraction of sp³-hybridized carbons (Fsp3) is 0. The van der Waals surface area contributed by atoms with Crippen LogP contribution >= 0.6 is 0 Å². The highest BCUT2D eigenvalue weighted by atomic mass is 19.1. The smallest absolute Gasteiger partial charge is 0.123 e. The van der Waals surface area contributed by atoms with Crippen molar-refractivity contribution < 1.29 is 4.39 Å². The summed E-state index contributed by atoms with van der Waals surface area (Å²) in [7, 11) is 0. The zero-order valence-electron chi connectivity index (χ0n) is 31.5. The van der Waals surface area contributed by atoms with Crippen molar-refractivity contribution in [2.24, 2.45) is 0 Å². The summed E-state index contributed by atoms with van der Waals surface area (Å²) in [5.41, 5.74) is 14.1. The number of hydrogen-bond donors (Lipinski definition) is 0. The molecule has 3 nitrogen and oxygen atoms in total. The molecule has 0 saturated carbocycles. The van der Waals surface area contributed by atoms with Gasteiger partial charge in [0.05, 0.1) is 22.1 Å². The lowest BCUT2D eigenvalue weighted by Gasteiger charge is -2.27. The van der Waals surface area contributed by atoms with Crippen LogP contribution in [0.5, 0.6) is 0 Å². The molecule has 58 heavy (non-hydrogen) atoms. The fourth-order valence-electron chi connectivity index (χ4n) is 8.70. The van der Waals surface area contributed by atoms with Gasteiger partial charge in [-0.05, 0) is 119 Å². The molecule has 0 atom stereocenters. The van der Waals surface area contributed by atoms with E-state index in [-0.39, 0.29) is 5.82 Å². The Labute approximate surface area is 335 Å².